The van der Waals surface area contributed by atoms with Gasteiger partial charge in [0, 0.05) is 17.7 Å². The summed E-state index contributed by atoms with van der Waals surface area (Å²) < 4.78 is 0. The summed E-state index contributed by atoms with van der Waals surface area (Å²) in [6.45, 7) is 4.21. The molecule has 0 aromatic carbocycles. The van der Waals surface area contributed by atoms with Gasteiger partial charge in [-0.2, -0.15) is 0 Å². The number of thioether (sulfide) groups is 1. The highest BCUT2D eigenvalue weighted by molar-refractivity contribution is 8.00. The van der Waals surface area contributed by atoms with E-state index >= 15 is 0 Å². The minimum Gasteiger partial charge on any atom is -0.327 e. The molecule has 0 aromatic rings. The van der Waals surface area contributed by atoms with Crippen LogP contribution < -0.4 is 0 Å². The van der Waals surface area contributed by atoms with Crippen molar-refractivity contribution in [2.24, 2.45) is 5.92 Å². The molecule has 2 nitrogen and oxygen atoms in total. The normalized spacial score (nSPS) is 41.7. The number of piperidine rings is 1. The van der Waals surface area contributed by atoms with Crippen molar-refractivity contribution in [2.75, 3.05) is 5.75 Å². The molecule has 3 heteroatoms. The number of hydrogen-bond donors (Lipinski definition) is 0. The quantitative estimate of drug-likeness (QED) is 0.572. The average Bonchev–Trinajstić information content (AvgIpc) is 2.41. The fourth-order valence-corrected chi connectivity index (χ4v) is 3.48. The Bertz CT molecular complexity index is 207. The molecule has 0 aromatic heterocycles. The molecular weight excluding hydrogens is 170 g/mol. The molecule has 0 unspecified atom stereocenters. The van der Waals surface area contributed by atoms with E-state index in [0.717, 1.165) is 12.2 Å². The Balaban J connectivity index is 2.17. The van der Waals surface area contributed by atoms with Crippen LogP contribution in [0.25, 0.3) is 0 Å². The number of rotatable bonds is 0. The molecule has 12 heavy (non-hydrogen) atoms. The first-order valence-corrected chi connectivity index (χ1v) is 5.69. The molecule has 2 aliphatic heterocycles. The molecule has 0 aliphatic carbocycles. The molecule has 2 aliphatic rings. The maximum atomic E-state index is 11.7. The Morgan fingerprint density at radius 2 is 2.17 bits per heavy atom. The van der Waals surface area contributed by atoms with Crippen LogP contribution in [0.1, 0.15) is 26.7 Å². The Morgan fingerprint density at radius 1 is 1.42 bits per heavy atom. The summed E-state index contributed by atoms with van der Waals surface area (Å²) in [4.78, 5) is 13.8. The molecular formula is C9H15NOS. The van der Waals surface area contributed by atoms with Gasteiger partial charge in [-0.05, 0) is 19.8 Å². The van der Waals surface area contributed by atoms with Crippen LogP contribution in [-0.4, -0.2) is 28.0 Å². The lowest BCUT2D eigenvalue weighted by molar-refractivity contribution is -0.139. The predicted molar refractivity (Wildman–Crippen MR) is 51.0 cm³/mol. The lowest BCUT2D eigenvalue weighted by Gasteiger charge is -2.34. The third kappa shape index (κ3) is 1.15. The van der Waals surface area contributed by atoms with Crippen molar-refractivity contribution in [3.8, 4) is 0 Å². The summed E-state index contributed by atoms with van der Waals surface area (Å²) in [5.74, 6) is 1.77. The Morgan fingerprint density at radius 3 is 2.92 bits per heavy atom. The van der Waals surface area contributed by atoms with Crippen molar-refractivity contribution in [3.63, 3.8) is 0 Å². The minimum absolute atomic E-state index is 0.266. The van der Waals surface area contributed by atoms with Crippen molar-refractivity contribution in [1.82, 2.24) is 4.90 Å². The maximum absolute atomic E-state index is 11.7. The van der Waals surface area contributed by atoms with Gasteiger partial charge in [-0.15, -0.1) is 11.8 Å². The largest absolute Gasteiger partial charge is 0.327 e. The Labute approximate surface area is 77.7 Å². The third-order valence-electron chi connectivity index (χ3n) is 2.84. The van der Waals surface area contributed by atoms with Crippen LogP contribution in [0.15, 0.2) is 0 Å². The van der Waals surface area contributed by atoms with E-state index in [4.69, 9.17) is 0 Å². The second-order valence-corrected chi connectivity index (χ2v) is 5.07. The summed E-state index contributed by atoms with van der Waals surface area (Å²) in [5, 5.41) is 0.503. The van der Waals surface area contributed by atoms with E-state index in [1.54, 1.807) is 0 Å². The second-order valence-electron chi connectivity index (χ2n) is 3.86. The molecule has 0 bridgehead atoms. The Kier molecular flexibility index (Phi) is 2.07. The average molecular weight is 185 g/mol. The van der Waals surface area contributed by atoms with E-state index in [-0.39, 0.29) is 5.92 Å². The summed E-state index contributed by atoms with van der Waals surface area (Å²) in [6.07, 6.45) is 2.28. The summed E-state index contributed by atoms with van der Waals surface area (Å²) in [7, 11) is 0. The van der Waals surface area contributed by atoms with Crippen LogP contribution >= 0.6 is 11.8 Å². The highest BCUT2D eigenvalue weighted by Gasteiger charge is 2.40. The van der Waals surface area contributed by atoms with Gasteiger partial charge in [0.05, 0.1) is 5.37 Å². The van der Waals surface area contributed by atoms with Crippen molar-refractivity contribution in [2.45, 2.75) is 38.1 Å². The topological polar surface area (TPSA) is 20.3 Å². The van der Waals surface area contributed by atoms with Gasteiger partial charge in [0.2, 0.25) is 5.91 Å². The van der Waals surface area contributed by atoms with Gasteiger partial charge in [-0.3, -0.25) is 4.79 Å². The molecule has 68 valence electrons. The zero-order valence-electron chi connectivity index (χ0n) is 7.62. The first kappa shape index (κ1) is 8.42. The lowest BCUT2D eigenvalue weighted by Crippen LogP contribution is -2.46. The van der Waals surface area contributed by atoms with Crippen LogP contribution in [0.3, 0.4) is 0 Å². The molecule has 2 rings (SSSR count). The van der Waals surface area contributed by atoms with Gasteiger partial charge in [0.1, 0.15) is 0 Å². The van der Waals surface area contributed by atoms with Crippen LogP contribution in [0.4, 0.5) is 0 Å². The van der Waals surface area contributed by atoms with E-state index in [1.165, 1.54) is 6.42 Å². The minimum atomic E-state index is 0.266. The zero-order valence-corrected chi connectivity index (χ0v) is 8.43. The van der Waals surface area contributed by atoms with E-state index in [2.05, 4.69) is 11.8 Å². The summed E-state index contributed by atoms with van der Waals surface area (Å²) >= 11 is 1.95. The standard InChI is InChI=1S/C9H15NOS/c1-6-3-4-8-10(9(6)11)7(2)5-12-8/h6-8H,3-5H2,1-2H3/t6-,7+,8+/m0/s1. The number of carbonyl (C=O) groups is 1. The number of carbonyl (C=O) groups excluding carboxylic acids is 1. The molecule has 0 radical (unpaired) electrons. The first-order chi connectivity index (χ1) is 5.70. The monoisotopic (exact) mass is 185 g/mol. The summed E-state index contributed by atoms with van der Waals surface area (Å²) in [5.41, 5.74) is 0. The highest BCUT2D eigenvalue weighted by Crippen LogP contribution is 2.37. The van der Waals surface area contributed by atoms with Gasteiger partial charge in [0.25, 0.3) is 0 Å². The highest BCUT2D eigenvalue weighted by atomic mass is 32.2. The van der Waals surface area contributed by atoms with Gasteiger partial charge in [-0.25, -0.2) is 0 Å². The molecule has 0 spiro atoms. The van der Waals surface area contributed by atoms with Gasteiger partial charge >= 0.3 is 0 Å². The number of amides is 1. The molecule has 0 saturated carbocycles. The molecule has 2 saturated heterocycles. The number of fused-ring (bicyclic) bond motifs is 1. The summed E-state index contributed by atoms with van der Waals surface area (Å²) in [6, 6.07) is 0.468. The van der Waals surface area contributed by atoms with Gasteiger partial charge in [0.15, 0.2) is 0 Å². The van der Waals surface area contributed by atoms with E-state index in [0.29, 0.717) is 17.3 Å². The van der Waals surface area contributed by atoms with Crippen LogP contribution in [-0.2, 0) is 4.79 Å². The molecule has 2 fully saturated rings. The fraction of sp³-hybridized carbons (Fsp3) is 0.889. The molecule has 1 amide bonds. The van der Waals surface area contributed by atoms with Crippen molar-refractivity contribution in [3.05, 3.63) is 0 Å². The maximum Gasteiger partial charge on any atom is 0.226 e. The molecule has 2 heterocycles. The number of hydrogen-bond acceptors (Lipinski definition) is 2. The smallest absolute Gasteiger partial charge is 0.226 e. The van der Waals surface area contributed by atoms with Crippen LogP contribution in [0.5, 0.6) is 0 Å². The van der Waals surface area contributed by atoms with Gasteiger partial charge in [-0.1, -0.05) is 6.92 Å². The van der Waals surface area contributed by atoms with Crippen LogP contribution in [0.2, 0.25) is 0 Å². The zero-order chi connectivity index (χ0) is 8.72. The second kappa shape index (κ2) is 2.95. The first-order valence-electron chi connectivity index (χ1n) is 4.64. The predicted octanol–water partition coefficient (Wildman–Crippen LogP) is 1.71. The number of nitrogens with zero attached hydrogens (tertiary/aromatic N) is 1. The molecule has 0 N–H and O–H groups in total. The van der Waals surface area contributed by atoms with Crippen molar-refractivity contribution >= 4 is 17.7 Å². The SMILES string of the molecule is C[C@@H]1CS[C@@H]2CC[C@H](C)C(=O)N12. The van der Waals surface area contributed by atoms with Crippen molar-refractivity contribution < 1.29 is 4.79 Å². The van der Waals surface area contributed by atoms with E-state index in [1.807, 2.05) is 18.7 Å². The third-order valence-corrected chi connectivity index (χ3v) is 4.36. The van der Waals surface area contributed by atoms with Crippen molar-refractivity contribution in [1.29, 1.82) is 0 Å². The van der Waals surface area contributed by atoms with Crippen LogP contribution in [0, 0.1) is 5.92 Å². The lowest BCUT2D eigenvalue weighted by atomic mass is 9.98. The van der Waals surface area contributed by atoms with E-state index in [9.17, 15) is 4.79 Å². The Hall–Kier alpha value is -0.180. The van der Waals surface area contributed by atoms with E-state index < -0.39 is 0 Å². The molecule has 3 atom stereocenters. The van der Waals surface area contributed by atoms with Gasteiger partial charge < -0.3 is 4.90 Å². The fourth-order valence-electron chi connectivity index (χ4n) is 2.05.